The van der Waals surface area contributed by atoms with Gasteiger partial charge in [-0.25, -0.2) is 0 Å². The van der Waals surface area contributed by atoms with Crippen LogP contribution in [0.2, 0.25) is 0 Å². The highest BCUT2D eigenvalue weighted by Gasteiger charge is 2.28. The molecule has 0 amide bonds. The minimum absolute atomic E-state index is 0.378. The lowest BCUT2D eigenvalue weighted by Crippen LogP contribution is -2.38. The zero-order chi connectivity index (χ0) is 12.3. The number of hydrogen-bond donors (Lipinski definition) is 2. The van der Waals surface area contributed by atoms with E-state index in [0.717, 1.165) is 24.7 Å². The summed E-state index contributed by atoms with van der Waals surface area (Å²) in [6, 6.07) is 8.85. The van der Waals surface area contributed by atoms with Crippen molar-refractivity contribution in [3.05, 3.63) is 29.8 Å². The number of aromatic hydroxyl groups is 1. The number of hydrogen-bond acceptors (Lipinski definition) is 3. The number of phenols is 1. The molecule has 94 valence electrons. The van der Waals surface area contributed by atoms with E-state index in [1.165, 1.54) is 12.8 Å². The van der Waals surface area contributed by atoms with E-state index >= 15 is 0 Å². The highest BCUT2D eigenvalue weighted by Crippen LogP contribution is 2.26. The molecule has 0 bridgehead atoms. The van der Waals surface area contributed by atoms with Gasteiger partial charge >= 0.3 is 0 Å². The molecule has 0 aliphatic heterocycles. The van der Waals surface area contributed by atoms with Crippen molar-refractivity contribution in [3.63, 3.8) is 0 Å². The summed E-state index contributed by atoms with van der Waals surface area (Å²) >= 11 is 0. The van der Waals surface area contributed by atoms with Gasteiger partial charge in [-0.15, -0.1) is 0 Å². The van der Waals surface area contributed by atoms with Gasteiger partial charge in [0.2, 0.25) is 0 Å². The lowest BCUT2D eigenvalue weighted by atomic mass is 10.2. The number of para-hydroxylation sites is 1. The molecule has 2 N–H and O–H groups in total. The number of likely N-dealkylation sites (N-methyl/N-ethyl adjacent to an activating group) is 1. The molecule has 1 saturated carbocycles. The molecule has 0 saturated heterocycles. The average molecular weight is 234 g/mol. The second-order valence-corrected chi connectivity index (χ2v) is 5.01. The molecule has 0 aromatic heterocycles. The lowest BCUT2D eigenvalue weighted by molar-refractivity contribution is 0.241. The van der Waals surface area contributed by atoms with Crippen LogP contribution in [0.3, 0.4) is 0 Å². The summed E-state index contributed by atoms with van der Waals surface area (Å²) in [5.41, 5.74) is 0.966. The molecule has 0 spiro atoms. The topological polar surface area (TPSA) is 35.5 Å². The Labute approximate surface area is 103 Å². The van der Waals surface area contributed by atoms with Crippen LogP contribution in [-0.4, -0.2) is 35.7 Å². The highest BCUT2D eigenvalue weighted by atomic mass is 16.3. The van der Waals surface area contributed by atoms with E-state index in [4.69, 9.17) is 0 Å². The molecular formula is C14H22N2O. The molecule has 1 fully saturated rings. The molecule has 3 heteroatoms. The van der Waals surface area contributed by atoms with Gasteiger partial charge in [0.05, 0.1) is 0 Å². The van der Waals surface area contributed by atoms with E-state index in [-0.39, 0.29) is 0 Å². The third kappa shape index (κ3) is 3.45. The lowest BCUT2D eigenvalue weighted by Gasteiger charge is -2.24. The van der Waals surface area contributed by atoms with Crippen LogP contribution in [0.25, 0.3) is 0 Å². The smallest absolute Gasteiger partial charge is 0.120 e. The third-order valence-electron chi connectivity index (χ3n) is 3.56. The second kappa shape index (κ2) is 5.52. The molecular weight excluding hydrogens is 212 g/mol. The second-order valence-electron chi connectivity index (χ2n) is 5.01. The molecule has 0 radical (unpaired) electrons. The Morgan fingerprint density at radius 1 is 1.41 bits per heavy atom. The Bertz CT molecular complexity index is 363. The van der Waals surface area contributed by atoms with Crippen molar-refractivity contribution in [2.24, 2.45) is 0 Å². The summed E-state index contributed by atoms with van der Waals surface area (Å²) < 4.78 is 0. The Kier molecular flexibility index (Phi) is 4.02. The Hall–Kier alpha value is -1.06. The first-order valence-corrected chi connectivity index (χ1v) is 6.38. The fourth-order valence-electron chi connectivity index (χ4n) is 2.06. The van der Waals surface area contributed by atoms with Crippen LogP contribution in [0.4, 0.5) is 0 Å². The number of rotatable bonds is 6. The van der Waals surface area contributed by atoms with Crippen molar-refractivity contribution in [2.75, 3.05) is 13.6 Å². The molecule has 1 atom stereocenters. The predicted molar refractivity (Wildman–Crippen MR) is 70.1 cm³/mol. The van der Waals surface area contributed by atoms with Crippen LogP contribution >= 0.6 is 0 Å². The van der Waals surface area contributed by atoms with Gasteiger partial charge in [-0.1, -0.05) is 18.2 Å². The minimum atomic E-state index is 0.378. The number of nitrogens with one attached hydrogen (secondary N) is 1. The first-order chi connectivity index (χ1) is 8.18. The molecule has 1 aliphatic carbocycles. The molecule has 3 nitrogen and oxygen atoms in total. The van der Waals surface area contributed by atoms with Crippen molar-refractivity contribution in [1.82, 2.24) is 10.2 Å². The molecule has 2 rings (SSSR count). The summed E-state index contributed by atoms with van der Waals surface area (Å²) in [6.45, 7) is 3.94. The van der Waals surface area contributed by atoms with Crippen LogP contribution in [0.1, 0.15) is 25.3 Å². The maximum Gasteiger partial charge on any atom is 0.120 e. The van der Waals surface area contributed by atoms with Crippen molar-refractivity contribution in [3.8, 4) is 5.75 Å². The number of nitrogens with zero attached hydrogens (tertiary/aromatic N) is 1. The summed E-state index contributed by atoms with van der Waals surface area (Å²) in [7, 11) is 2.20. The summed E-state index contributed by atoms with van der Waals surface area (Å²) in [4.78, 5) is 2.44. The van der Waals surface area contributed by atoms with Gasteiger partial charge < -0.3 is 10.4 Å². The van der Waals surface area contributed by atoms with Gasteiger partial charge in [-0.2, -0.15) is 0 Å². The van der Waals surface area contributed by atoms with Crippen LogP contribution in [0, 0.1) is 0 Å². The molecule has 17 heavy (non-hydrogen) atoms. The summed E-state index contributed by atoms with van der Waals surface area (Å²) in [6.07, 6.45) is 2.70. The number of benzene rings is 1. The summed E-state index contributed by atoms with van der Waals surface area (Å²) in [5.74, 6) is 0.378. The SMILES string of the molecule is CC(CNCc1ccccc1O)N(C)C1CC1. The Morgan fingerprint density at radius 3 is 2.76 bits per heavy atom. The third-order valence-corrected chi connectivity index (χ3v) is 3.56. The molecule has 1 unspecified atom stereocenters. The zero-order valence-corrected chi connectivity index (χ0v) is 10.7. The molecule has 1 aromatic carbocycles. The molecule has 1 aromatic rings. The van der Waals surface area contributed by atoms with Gasteiger partial charge in [0.25, 0.3) is 0 Å². The van der Waals surface area contributed by atoms with Crippen molar-refractivity contribution in [2.45, 2.75) is 38.4 Å². The quantitative estimate of drug-likeness (QED) is 0.790. The first-order valence-electron chi connectivity index (χ1n) is 6.38. The number of phenolic OH excluding ortho intramolecular Hbond substituents is 1. The first kappa shape index (κ1) is 12.4. The van der Waals surface area contributed by atoms with E-state index in [1.807, 2.05) is 18.2 Å². The largest absolute Gasteiger partial charge is 0.508 e. The predicted octanol–water partition coefficient (Wildman–Crippen LogP) is 1.96. The van der Waals surface area contributed by atoms with Crippen LogP contribution in [0.5, 0.6) is 5.75 Å². The van der Waals surface area contributed by atoms with Gasteiger partial charge in [0.1, 0.15) is 5.75 Å². The van der Waals surface area contributed by atoms with Crippen molar-refractivity contribution in [1.29, 1.82) is 0 Å². The van der Waals surface area contributed by atoms with Crippen molar-refractivity contribution >= 4 is 0 Å². The van der Waals surface area contributed by atoms with E-state index in [9.17, 15) is 5.11 Å². The van der Waals surface area contributed by atoms with Crippen LogP contribution < -0.4 is 5.32 Å². The van der Waals surface area contributed by atoms with E-state index in [0.29, 0.717) is 11.8 Å². The Balaban J connectivity index is 1.73. The fraction of sp³-hybridized carbons (Fsp3) is 0.571. The molecule has 0 heterocycles. The average Bonchev–Trinajstić information content (AvgIpc) is 3.14. The minimum Gasteiger partial charge on any atom is -0.508 e. The van der Waals surface area contributed by atoms with Crippen LogP contribution in [0.15, 0.2) is 24.3 Å². The fourth-order valence-corrected chi connectivity index (χ4v) is 2.06. The van der Waals surface area contributed by atoms with E-state index in [1.54, 1.807) is 6.07 Å². The van der Waals surface area contributed by atoms with Gasteiger partial charge in [0.15, 0.2) is 0 Å². The molecule has 1 aliphatic rings. The Morgan fingerprint density at radius 2 is 2.12 bits per heavy atom. The van der Waals surface area contributed by atoms with E-state index < -0.39 is 0 Å². The standard InChI is InChI=1S/C14H22N2O/c1-11(16(2)13-7-8-13)9-15-10-12-5-3-4-6-14(12)17/h3-6,11,13,15,17H,7-10H2,1-2H3. The zero-order valence-electron chi connectivity index (χ0n) is 10.7. The van der Waals surface area contributed by atoms with Gasteiger partial charge in [-0.3, -0.25) is 4.90 Å². The normalized spacial score (nSPS) is 17.4. The van der Waals surface area contributed by atoms with Crippen molar-refractivity contribution < 1.29 is 5.11 Å². The highest BCUT2D eigenvalue weighted by molar-refractivity contribution is 5.31. The summed E-state index contributed by atoms with van der Waals surface area (Å²) in [5, 5.41) is 13.0. The van der Waals surface area contributed by atoms with Crippen LogP contribution in [-0.2, 0) is 6.54 Å². The maximum absolute atomic E-state index is 9.63. The van der Waals surface area contributed by atoms with E-state index in [2.05, 4.69) is 24.2 Å². The van der Waals surface area contributed by atoms with Gasteiger partial charge in [-0.05, 0) is 32.9 Å². The monoisotopic (exact) mass is 234 g/mol. The van der Waals surface area contributed by atoms with Gasteiger partial charge in [0, 0.05) is 30.7 Å². The maximum atomic E-state index is 9.63.